The van der Waals surface area contributed by atoms with E-state index in [1.807, 2.05) is 44.2 Å². The minimum absolute atomic E-state index is 0.177. The lowest BCUT2D eigenvalue weighted by molar-refractivity contribution is 0.101. The molecular formula is C26H22N8O2. The Morgan fingerprint density at radius 1 is 0.833 bits per heavy atom. The van der Waals surface area contributed by atoms with Crippen molar-refractivity contribution in [2.24, 2.45) is 0 Å². The van der Waals surface area contributed by atoms with E-state index in [4.69, 9.17) is 4.52 Å². The summed E-state index contributed by atoms with van der Waals surface area (Å²) in [5.41, 5.74) is 3.43. The largest absolute Gasteiger partial charge is 0.355 e. The molecule has 0 aliphatic heterocycles. The first kappa shape index (κ1) is 22.7. The lowest BCUT2D eigenvalue weighted by Gasteiger charge is -2.11. The van der Waals surface area contributed by atoms with Crippen LogP contribution < -0.4 is 16.0 Å². The van der Waals surface area contributed by atoms with E-state index >= 15 is 0 Å². The van der Waals surface area contributed by atoms with Crippen LogP contribution in [0.3, 0.4) is 0 Å². The summed E-state index contributed by atoms with van der Waals surface area (Å²) in [5.74, 6) is 2.67. The van der Waals surface area contributed by atoms with E-state index < -0.39 is 0 Å². The number of carbonyl (C=O) groups excluding carboxylic acids is 1. The maximum Gasteiger partial charge on any atom is 0.277 e. The number of rotatable bonds is 7. The Morgan fingerprint density at radius 2 is 1.61 bits per heavy atom. The number of hydrogen-bond acceptors (Lipinski definition) is 9. The molecule has 5 aromatic rings. The number of nitrogens with zero attached hydrogens (tertiary/aromatic N) is 5. The van der Waals surface area contributed by atoms with Crippen molar-refractivity contribution < 1.29 is 9.32 Å². The van der Waals surface area contributed by atoms with Crippen molar-refractivity contribution in [1.29, 1.82) is 0 Å². The zero-order valence-corrected chi connectivity index (χ0v) is 19.6. The Hall–Kier alpha value is -5.12. The van der Waals surface area contributed by atoms with Crippen LogP contribution in [-0.4, -0.2) is 31.0 Å². The van der Waals surface area contributed by atoms with Gasteiger partial charge in [-0.15, -0.1) is 0 Å². The molecule has 10 nitrogen and oxygen atoms in total. The number of carbonyl (C=O) groups is 1. The zero-order chi connectivity index (χ0) is 24.9. The standard InChI is InChI=1S/C26H22N8O2/c1-16-9-11-28-23(12-16)33-25-14-24(29-17(2)30-25)31-19-5-7-20(8-6-19)32-26(35)21-13-22(36-34-21)18-4-3-10-27-15-18/h3-15H,1-2H3,(H,32,35)(H2,28,29,30,31,33). The summed E-state index contributed by atoms with van der Waals surface area (Å²) < 4.78 is 5.28. The van der Waals surface area contributed by atoms with E-state index in [9.17, 15) is 4.79 Å². The second-order valence-corrected chi connectivity index (χ2v) is 8.00. The Kier molecular flexibility index (Phi) is 6.31. The average Bonchev–Trinajstić information content (AvgIpc) is 3.36. The molecule has 4 aromatic heterocycles. The van der Waals surface area contributed by atoms with Crippen LogP contribution in [0.2, 0.25) is 0 Å². The minimum Gasteiger partial charge on any atom is -0.355 e. The molecule has 0 atom stereocenters. The zero-order valence-electron chi connectivity index (χ0n) is 19.6. The lowest BCUT2D eigenvalue weighted by Crippen LogP contribution is -2.12. The van der Waals surface area contributed by atoms with Crippen LogP contribution in [0.25, 0.3) is 11.3 Å². The molecule has 0 saturated heterocycles. The van der Waals surface area contributed by atoms with Crippen molar-refractivity contribution in [2.45, 2.75) is 13.8 Å². The van der Waals surface area contributed by atoms with E-state index in [0.717, 1.165) is 16.8 Å². The minimum atomic E-state index is -0.374. The second-order valence-electron chi connectivity index (χ2n) is 8.00. The van der Waals surface area contributed by atoms with Gasteiger partial charge < -0.3 is 20.5 Å². The van der Waals surface area contributed by atoms with Crippen LogP contribution in [0, 0.1) is 13.8 Å². The molecule has 1 aromatic carbocycles. The topological polar surface area (TPSA) is 131 Å². The van der Waals surface area contributed by atoms with Gasteiger partial charge in [-0.1, -0.05) is 5.16 Å². The summed E-state index contributed by atoms with van der Waals surface area (Å²) in [7, 11) is 0. The molecule has 5 rings (SSSR count). The number of nitrogens with one attached hydrogen (secondary N) is 3. The quantitative estimate of drug-likeness (QED) is 0.286. The molecular weight excluding hydrogens is 456 g/mol. The first-order valence-electron chi connectivity index (χ1n) is 11.1. The molecule has 0 fully saturated rings. The van der Waals surface area contributed by atoms with Gasteiger partial charge >= 0.3 is 0 Å². The molecule has 0 unspecified atom stereocenters. The summed E-state index contributed by atoms with van der Waals surface area (Å²) in [5, 5.41) is 13.1. The third-order valence-corrected chi connectivity index (χ3v) is 5.11. The molecule has 0 bridgehead atoms. The smallest absolute Gasteiger partial charge is 0.277 e. The Balaban J connectivity index is 1.23. The predicted octanol–water partition coefficient (Wildman–Crippen LogP) is 5.28. The molecule has 178 valence electrons. The van der Waals surface area contributed by atoms with E-state index in [2.05, 4.69) is 41.0 Å². The Morgan fingerprint density at radius 3 is 2.36 bits per heavy atom. The molecule has 0 radical (unpaired) electrons. The van der Waals surface area contributed by atoms with Crippen molar-refractivity contribution >= 4 is 34.7 Å². The van der Waals surface area contributed by atoms with E-state index in [0.29, 0.717) is 34.7 Å². The molecule has 4 heterocycles. The van der Waals surface area contributed by atoms with E-state index in [1.165, 1.54) is 0 Å². The highest BCUT2D eigenvalue weighted by atomic mass is 16.5. The number of amides is 1. The third-order valence-electron chi connectivity index (χ3n) is 5.11. The molecule has 0 spiro atoms. The van der Waals surface area contributed by atoms with Gasteiger partial charge in [-0.25, -0.2) is 15.0 Å². The van der Waals surface area contributed by atoms with Crippen LogP contribution in [0.4, 0.5) is 28.8 Å². The fourth-order valence-electron chi connectivity index (χ4n) is 3.44. The molecule has 0 aliphatic carbocycles. The summed E-state index contributed by atoms with van der Waals surface area (Å²) in [6, 6.07) is 18.1. The SMILES string of the molecule is Cc1ccnc(Nc2cc(Nc3ccc(NC(=O)c4cc(-c5cccnc5)on4)cc3)nc(C)n2)c1. The molecule has 3 N–H and O–H groups in total. The number of hydrogen-bond donors (Lipinski definition) is 3. The second kappa shape index (κ2) is 10.0. The molecule has 1 amide bonds. The highest BCUT2D eigenvalue weighted by molar-refractivity contribution is 6.03. The summed E-state index contributed by atoms with van der Waals surface area (Å²) >= 11 is 0. The molecule has 0 saturated carbocycles. The van der Waals surface area contributed by atoms with Gasteiger partial charge in [0.2, 0.25) is 0 Å². The van der Waals surface area contributed by atoms with Crippen LogP contribution in [0.1, 0.15) is 21.9 Å². The van der Waals surface area contributed by atoms with Gasteiger partial charge in [-0.05, 0) is 67.9 Å². The third kappa shape index (κ3) is 5.50. The van der Waals surface area contributed by atoms with Crippen molar-refractivity contribution in [3.63, 3.8) is 0 Å². The van der Waals surface area contributed by atoms with Crippen LogP contribution in [0.15, 0.2) is 83.8 Å². The van der Waals surface area contributed by atoms with Crippen LogP contribution in [-0.2, 0) is 0 Å². The Bertz CT molecular complexity index is 1500. The van der Waals surface area contributed by atoms with Gasteiger partial charge in [0.05, 0.1) is 0 Å². The number of pyridine rings is 2. The van der Waals surface area contributed by atoms with Crippen molar-refractivity contribution in [3.8, 4) is 11.3 Å². The van der Waals surface area contributed by atoms with Gasteiger partial charge in [0.1, 0.15) is 23.3 Å². The maximum absolute atomic E-state index is 12.6. The fourth-order valence-corrected chi connectivity index (χ4v) is 3.44. The average molecular weight is 479 g/mol. The highest BCUT2D eigenvalue weighted by Gasteiger charge is 2.14. The van der Waals surface area contributed by atoms with Crippen molar-refractivity contribution in [3.05, 3.63) is 96.3 Å². The normalized spacial score (nSPS) is 10.6. The van der Waals surface area contributed by atoms with E-state index in [-0.39, 0.29) is 11.6 Å². The fraction of sp³-hybridized carbons (Fsp3) is 0.0769. The monoisotopic (exact) mass is 478 g/mol. The van der Waals surface area contributed by atoms with Crippen LogP contribution >= 0.6 is 0 Å². The Labute approximate surface area is 206 Å². The van der Waals surface area contributed by atoms with Gasteiger partial charge in [0, 0.05) is 47.7 Å². The van der Waals surface area contributed by atoms with Gasteiger partial charge in [-0.2, -0.15) is 0 Å². The summed E-state index contributed by atoms with van der Waals surface area (Å²) in [6.07, 6.45) is 5.05. The molecule has 36 heavy (non-hydrogen) atoms. The predicted molar refractivity (Wildman–Crippen MR) is 136 cm³/mol. The number of anilines is 5. The molecule has 0 aliphatic rings. The van der Waals surface area contributed by atoms with Crippen molar-refractivity contribution in [2.75, 3.05) is 16.0 Å². The van der Waals surface area contributed by atoms with Crippen LogP contribution in [0.5, 0.6) is 0 Å². The maximum atomic E-state index is 12.6. The number of aryl methyl sites for hydroxylation is 2. The first-order chi connectivity index (χ1) is 17.5. The van der Waals surface area contributed by atoms with Crippen molar-refractivity contribution in [1.82, 2.24) is 25.1 Å². The van der Waals surface area contributed by atoms with Gasteiger partial charge in [0.25, 0.3) is 5.91 Å². The summed E-state index contributed by atoms with van der Waals surface area (Å²) in [6.45, 7) is 3.82. The number of aromatic nitrogens is 5. The van der Waals surface area contributed by atoms with Gasteiger partial charge in [0.15, 0.2) is 11.5 Å². The van der Waals surface area contributed by atoms with E-state index in [1.54, 1.807) is 48.9 Å². The first-order valence-corrected chi connectivity index (χ1v) is 11.1. The number of benzene rings is 1. The lowest BCUT2D eigenvalue weighted by atomic mass is 10.2. The highest BCUT2D eigenvalue weighted by Crippen LogP contribution is 2.23. The molecule has 10 heteroatoms. The summed E-state index contributed by atoms with van der Waals surface area (Å²) in [4.78, 5) is 29.8. The van der Waals surface area contributed by atoms with Gasteiger partial charge in [-0.3, -0.25) is 9.78 Å².